The third kappa shape index (κ3) is 3.79. The highest BCUT2D eigenvalue weighted by atomic mass is 35.5. The van der Waals surface area contributed by atoms with Crippen molar-refractivity contribution in [3.05, 3.63) is 92.2 Å². The Morgan fingerprint density at radius 3 is 2.29 bits per heavy atom. The van der Waals surface area contributed by atoms with Crippen molar-refractivity contribution >= 4 is 34.7 Å². The van der Waals surface area contributed by atoms with Crippen molar-refractivity contribution in [2.24, 2.45) is 19.2 Å². The zero-order valence-electron chi connectivity index (χ0n) is 19.2. The van der Waals surface area contributed by atoms with Gasteiger partial charge in [0.25, 0.3) is 5.56 Å². The van der Waals surface area contributed by atoms with E-state index < -0.39 is 17.3 Å². The molecule has 1 atom stereocenters. The summed E-state index contributed by atoms with van der Waals surface area (Å²) in [5, 5.41) is 10.5. The monoisotopic (exact) mass is 507 g/mol. The first kappa shape index (κ1) is 23.2. The molecule has 178 valence electrons. The average molecular weight is 508 g/mol. The van der Waals surface area contributed by atoms with Gasteiger partial charge in [-0.1, -0.05) is 23.7 Å². The molecule has 2 aromatic carbocycles. The maximum absolute atomic E-state index is 13.5. The average Bonchev–Trinajstić information content (AvgIpc) is 3.46. The van der Waals surface area contributed by atoms with Crippen molar-refractivity contribution < 1.29 is 0 Å². The number of hydrogen-bond donors (Lipinski definition) is 1. The second-order valence-electron chi connectivity index (χ2n) is 8.14. The van der Waals surface area contributed by atoms with Crippen molar-refractivity contribution in [2.45, 2.75) is 17.9 Å². The molecule has 0 unspecified atom stereocenters. The first-order chi connectivity index (χ1) is 16.8. The van der Waals surface area contributed by atoms with Crippen molar-refractivity contribution in [3.8, 4) is 17.2 Å². The smallest absolute Gasteiger partial charge is 0.285 e. The van der Waals surface area contributed by atoms with Crippen LogP contribution in [-0.2, 0) is 14.1 Å². The lowest BCUT2D eigenvalue weighted by Crippen LogP contribution is -2.40. The molecule has 3 aromatic heterocycles. The third-order valence-electron chi connectivity index (χ3n) is 6.11. The molecule has 0 saturated heterocycles. The van der Waals surface area contributed by atoms with E-state index >= 15 is 0 Å². The van der Waals surface area contributed by atoms with E-state index in [9.17, 15) is 9.59 Å². The van der Waals surface area contributed by atoms with E-state index in [0.717, 1.165) is 27.0 Å². The van der Waals surface area contributed by atoms with Crippen LogP contribution in [0, 0.1) is 0 Å². The summed E-state index contributed by atoms with van der Waals surface area (Å²) in [6, 6.07) is 16.2. The highest BCUT2D eigenvalue weighted by molar-refractivity contribution is 7.97. The van der Waals surface area contributed by atoms with Gasteiger partial charge in [0, 0.05) is 35.9 Å². The minimum atomic E-state index is -0.454. The zero-order chi connectivity index (χ0) is 24.9. The second-order valence-corrected chi connectivity index (χ2v) is 9.28. The van der Waals surface area contributed by atoms with E-state index in [0.29, 0.717) is 22.2 Å². The van der Waals surface area contributed by atoms with Gasteiger partial charge in [0.05, 0.1) is 6.04 Å². The number of nitrogens with zero attached hydrogens (tertiary/aromatic N) is 6. The fraction of sp³-hybridized carbons (Fsp3) is 0.167. The van der Waals surface area contributed by atoms with Crippen LogP contribution in [0.2, 0.25) is 5.02 Å². The first-order valence-electron chi connectivity index (χ1n) is 10.8. The number of hydrogen-bond acceptors (Lipinski definition) is 6. The van der Waals surface area contributed by atoms with Crippen molar-refractivity contribution in [2.75, 3.05) is 0 Å². The minimum absolute atomic E-state index is 0.284. The molecule has 0 bridgehead atoms. The van der Waals surface area contributed by atoms with Gasteiger partial charge < -0.3 is 0 Å². The van der Waals surface area contributed by atoms with Gasteiger partial charge in [-0.15, -0.1) is 0 Å². The van der Waals surface area contributed by atoms with Gasteiger partial charge in [-0.3, -0.25) is 28.3 Å². The van der Waals surface area contributed by atoms with Gasteiger partial charge in [0.15, 0.2) is 17.0 Å². The van der Waals surface area contributed by atoms with Crippen LogP contribution in [0.15, 0.2) is 75.3 Å². The lowest BCUT2D eigenvalue weighted by molar-refractivity contribution is 0.579. The van der Waals surface area contributed by atoms with Gasteiger partial charge in [0.2, 0.25) is 0 Å². The summed E-state index contributed by atoms with van der Waals surface area (Å²) in [5.41, 5.74) is 1.93. The maximum atomic E-state index is 13.5. The molecule has 5 aromatic rings. The Hall–Kier alpha value is -3.60. The van der Waals surface area contributed by atoms with Crippen LogP contribution in [0.3, 0.4) is 0 Å². The molecule has 11 heteroatoms. The molecule has 0 amide bonds. The third-order valence-corrected chi connectivity index (χ3v) is 6.90. The van der Waals surface area contributed by atoms with E-state index in [-0.39, 0.29) is 11.2 Å². The summed E-state index contributed by atoms with van der Waals surface area (Å²) >= 11 is 7.28. The van der Waals surface area contributed by atoms with Crippen LogP contribution < -0.4 is 16.4 Å². The molecule has 0 fully saturated rings. The first-order valence-corrected chi connectivity index (χ1v) is 12.0. The SMILES string of the molecule is C[C@H](c1ccc(SN)cc1)n1c(=O)n(C)c(=O)c2c1nc(-c1ccnn1C)n2-c1ccc(Cl)cc1. The molecule has 0 radical (unpaired) electrons. The van der Waals surface area contributed by atoms with E-state index in [1.54, 1.807) is 39.2 Å². The lowest BCUT2D eigenvalue weighted by atomic mass is 10.1. The van der Waals surface area contributed by atoms with Gasteiger partial charge in [-0.2, -0.15) is 5.10 Å². The molecule has 9 nitrogen and oxygen atoms in total. The molecule has 0 spiro atoms. The number of rotatable bonds is 5. The van der Waals surface area contributed by atoms with Crippen LogP contribution in [0.1, 0.15) is 18.5 Å². The molecule has 0 saturated carbocycles. The number of fused-ring (bicyclic) bond motifs is 1. The largest absolute Gasteiger partial charge is 0.333 e. The van der Waals surface area contributed by atoms with Gasteiger partial charge in [-0.05, 0) is 66.9 Å². The van der Waals surface area contributed by atoms with Crippen molar-refractivity contribution in [1.82, 2.24) is 28.5 Å². The molecule has 35 heavy (non-hydrogen) atoms. The van der Waals surface area contributed by atoms with E-state index in [2.05, 4.69) is 5.10 Å². The molecule has 0 aliphatic carbocycles. The Labute approximate surface area is 209 Å². The van der Waals surface area contributed by atoms with Crippen molar-refractivity contribution in [1.29, 1.82) is 0 Å². The topological polar surface area (TPSA) is 106 Å². The predicted molar refractivity (Wildman–Crippen MR) is 138 cm³/mol. The predicted octanol–water partition coefficient (Wildman–Crippen LogP) is 3.51. The number of imidazole rings is 1. The molecule has 5 rings (SSSR count). The Morgan fingerprint density at radius 2 is 1.69 bits per heavy atom. The van der Waals surface area contributed by atoms with Crippen LogP contribution in [0.5, 0.6) is 0 Å². The maximum Gasteiger partial charge on any atom is 0.333 e. The van der Waals surface area contributed by atoms with E-state index in [1.807, 2.05) is 49.4 Å². The molecule has 3 heterocycles. The summed E-state index contributed by atoms with van der Waals surface area (Å²) in [5.74, 6) is 0.487. The fourth-order valence-corrected chi connectivity index (χ4v) is 4.62. The van der Waals surface area contributed by atoms with Crippen molar-refractivity contribution in [3.63, 3.8) is 0 Å². The highest BCUT2D eigenvalue weighted by Crippen LogP contribution is 2.29. The fourth-order valence-electron chi connectivity index (χ4n) is 4.20. The lowest BCUT2D eigenvalue weighted by Gasteiger charge is -2.17. The van der Waals surface area contributed by atoms with Crippen LogP contribution in [0.4, 0.5) is 0 Å². The quantitative estimate of drug-likeness (QED) is 0.365. The highest BCUT2D eigenvalue weighted by Gasteiger charge is 2.26. The van der Waals surface area contributed by atoms with Crippen LogP contribution in [0.25, 0.3) is 28.4 Å². The van der Waals surface area contributed by atoms with Crippen LogP contribution >= 0.6 is 23.5 Å². The standard InChI is InChI=1S/C24H22ClN7O2S/c1-14(15-4-10-18(35-26)11-5-15)31-22-20(23(33)29(2)24(31)34)32(17-8-6-16(25)7-9-17)21(28-22)19-12-13-27-30(19)3/h4-14H,26H2,1-3H3/t14-/m1/s1. The molecule has 2 N–H and O–H groups in total. The summed E-state index contributed by atoms with van der Waals surface area (Å²) in [6.45, 7) is 1.90. The molecular weight excluding hydrogens is 486 g/mol. The Morgan fingerprint density at radius 1 is 1.00 bits per heavy atom. The second kappa shape index (κ2) is 8.88. The number of aryl methyl sites for hydroxylation is 1. The summed E-state index contributed by atoms with van der Waals surface area (Å²) < 4.78 is 6.09. The number of benzene rings is 2. The normalized spacial score (nSPS) is 12.4. The van der Waals surface area contributed by atoms with Gasteiger partial charge >= 0.3 is 5.69 Å². The van der Waals surface area contributed by atoms with E-state index in [1.165, 1.54) is 7.05 Å². The Kier molecular flexibility index (Phi) is 5.87. The molecule has 0 aliphatic rings. The number of aromatic nitrogens is 6. The summed E-state index contributed by atoms with van der Waals surface area (Å²) in [7, 11) is 3.27. The zero-order valence-corrected chi connectivity index (χ0v) is 20.8. The summed E-state index contributed by atoms with van der Waals surface area (Å²) in [6.07, 6.45) is 1.66. The van der Waals surface area contributed by atoms with E-state index in [4.69, 9.17) is 21.7 Å². The molecular formula is C24H22ClN7O2S. The minimum Gasteiger partial charge on any atom is -0.285 e. The number of halogens is 1. The Balaban J connectivity index is 1.88. The number of nitrogens with two attached hydrogens (primary N) is 1. The van der Waals surface area contributed by atoms with Gasteiger partial charge in [-0.25, -0.2) is 9.78 Å². The molecule has 0 aliphatic heterocycles. The van der Waals surface area contributed by atoms with Gasteiger partial charge in [0.1, 0.15) is 5.69 Å². The van der Waals surface area contributed by atoms with Crippen LogP contribution in [-0.4, -0.2) is 28.5 Å². The Bertz CT molecular complexity index is 1660. The summed E-state index contributed by atoms with van der Waals surface area (Å²) in [4.78, 5) is 32.7.